The Morgan fingerprint density at radius 3 is 2.81 bits per heavy atom. The van der Waals surface area contributed by atoms with E-state index in [1.165, 1.54) is 12.1 Å². The second-order valence-corrected chi connectivity index (χ2v) is 9.18. The van der Waals surface area contributed by atoms with Crippen LogP contribution in [0.4, 0.5) is 4.39 Å². The minimum atomic E-state index is -0.822. The summed E-state index contributed by atoms with van der Waals surface area (Å²) in [6.07, 6.45) is 0.809. The summed E-state index contributed by atoms with van der Waals surface area (Å²) in [5.41, 5.74) is 5.14. The summed E-state index contributed by atoms with van der Waals surface area (Å²) in [4.78, 5) is 15.7. The molecular weight excluding hydrogens is 463 g/mol. The lowest BCUT2D eigenvalue weighted by Crippen LogP contribution is -2.07. The highest BCUT2D eigenvalue weighted by atomic mass is 19.1. The Balaban J connectivity index is 1.33. The Hall–Kier alpha value is -4.07. The SMILES string of the molecule is CCOc1nc2ccc(F)cc2n1-c1cccc2c1OC[C@@H]2Cc1ccc2c(c1)OC[C@H]2CC(=O)O. The lowest BCUT2D eigenvalue weighted by atomic mass is 9.91. The third kappa shape index (κ3) is 3.82. The van der Waals surface area contributed by atoms with Crippen LogP contribution >= 0.6 is 0 Å². The van der Waals surface area contributed by atoms with E-state index in [0.717, 1.165) is 40.3 Å². The number of nitrogens with zero attached hydrogens (tertiary/aromatic N) is 2. The van der Waals surface area contributed by atoms with Gasteiger partial charge >= 0.3 is 12.0 Å². The highest BCUT2D eigenvalue weighted by Crippen LogP contribution is 2.43. The van der Waals surface area contributed by atoms with Crippen LogP contribution in [0.15, 0.2) is 54.6 Å². The molecule has 0 saturated heterocycles. The van der Waals surface area contributed by atoms with E-state index in [9.17, 15) is 9.18 Å². The Morgan fingerprint density at radius 2 is 1.97 bits per heavy atom. The first-order valence-corrected chi connectivity index (χ1v) is 12.1. The fourth-order valence-electron chi connectivity index (χ4n) is 5.24. The van der Waals surface area contributed by atoms with Crippen molar-refractivity contribution in [3.05, 3.63) is 77.1 Å². The van der Waals surface area contributed by atoms with E-state index in [-0.39, 0.29) is 24.1 Å². The minimum Gasteiger partial charge on any atom is -0.493 e. The predicted octanol–water partition coefficient (Wildman–Crippen LogP) is 5.23. The standard InChI is InChI=1S/C28H25FN2O5/c1-2-34-28-30-22-9-7-19(29)13-24(22)31(28)23-5-3-4-21-17(15-36-27(21)23)10-16-6-8-20-18(12-26(32)33)14-35-25(20)11-16/h3-9,11,13,17-18H,2,10,12,14-15H2,1H3,(H,32,33)/t17-,18+/m0/s1. The fraction of sp³-hybridized carbons (Fsp3) is 0.286. The van der Waals surface area contributed by atoms with Crippen molar-refractivity contribution in [2.24, 2.45) is 0 Å². The molecule has 184 valence electrons. The zero-order valence-electron chi connectivity index (χ0n) is 19.7. The van der Waals surface area contributed by atoms with Crippen LogP contribution in [0.25, 0.3) is 16.7 Å². The lowest BCUT2D eigenvalue weighted by Gasteiger charge is -2.14. The number of hydrogen-bond acceptors (Lipinski definition) is 5. The zero-order valence-corrected chi connectivity index (χ0v) is 19.7. The number of carbonyl (C=O) groups is 1. The molecule has 8 heteroatoms. The van der Waals surface area contributed by atoms with Crippen molar-refractivity contribution in [1.29, 1.82) is 0 Å². The molecule has 2 aliphatic heterocycles. The third-order valence-corrected chi connectivity index (χ3v) is 6.85. The number of benzene rings is 3. The van der Waals surface area contributed by atoms with Crippen molar-refractivity contribution in [2.45, 2.75) is 31.6 Å². The van der Waals surface area contributed by atoms with Crippen molar-refractivity contribution in [1.82, 2.24) is 9.55 Å². The first-order valence-electron chi connectivity index (χ1n) is 12.1. The molecule has 3 heterocycles. The van der Waals surface area contributed by atoms with E-state index in [1.54, 1.807) is 6.07 Å². The van der Waals surface area contributed by atoms with E-state index < -0.39 is 5.97 Å². The van der Waals surface area contributed by atoms with Crippen LogP contribution in [0.2, 0.25) is 0 Å². The largest absolute Gasteiger partial charge is 0.493 e. The van der Waals surface area contributed by atoms with Gasteiger partial charge in [-0.15, -0.1) is 0 Å². The second-order valence-electron chi connectivity index (χ2n) is 9.18. The van der Waals surface area contributed by atoms with E-state index in [4.69, 9.17) is 19.3 Å². The van der Waals surface area contributed by atoms with Crippen LogP contribution in [0, 0.1) is 5.82 Å². The highest BCUT2D eigenvalue weighted by molar-refractivity contribution is 5.80. The number of ether oxygens (including phenoxy) is 3. The topological polar surface area (TPSA) is 82.8 Å². The van der Waals surface area contributed by atoms with Gasteiger partial charge in [0, 0.05) is 29.0 Å². The van der Waals surface area contributed by atoms with Crippen molar-refractivity contribution in [3.63, 3.8) is 0 Å². The number of carboxylic acid groups (broad SMARTS) is 1. The van der Waals surface area contributed by atoms with Gasteiger partial charge in [-0.25, -0.2) is 4.39 Å². The van der Waals surface area contributed by atoms with Gasteiger partial charge in [-0.2, -0.15) is 4.98 Å². The zero-order chi connectivity index (χ0) is 24.8. The second kappa shape index (κ2) is 8.86. The van der Waals surface area contributed by atoms with Crippen molar-refractivity contribution in [2.75, 3.05) is 19.8 Å². The molecule has 0 saturated carbocycles. The van der Waals surface area contributed by atoms with Gasteiger partial charge in [0.05, 0.1) is 43.0 Å². The van der Waals surface area contributed by atoms with Crippen molar-refractivity contribution in [3.8, 4) is 23.2 Å². The monoisotopic (exact) mass is 488 g/mol. The van der Waals surface area contributed by atoms with E-state index in [0.29, 0.717) is 36.9 Å². The molecule has 4 aromatic rings. The van der Waals surface area contributed by atoms with Crippen LogP contribution in [-0.4, -0.2) is 40.4 Å². The van der Waals surface area contributed by atoms with Gasteiger partial charge in [0.25, 0.3) is 0 Å². The Kier molecular flexibility index (Phi) is 5.51. The first-order chi connectivity index (χ1) is 17.5. The van der Waals surface area contributed by atoms with Gasteiger partial charge in [-0.3, -0.25) is 9.36 Å². The summed E-state index contributed by atoms with van der Waals surface area (Å²) in [6, 6.07) is 16.9. The molecule has 1 aromatic heterocycles. The number of carboxylic acids is 1. The summed E-state index contributed by atoms with van der Waals surface area (Å²) >= 11 is 0. The molecule has 0 spiro atoms. The van der Waals surface area contributed by atoms with Crippen LogP contribution in [0.3, 0.4) is 0 Å². The molecule has 0 bridgehead atoms. The predicted molar refractivity (Wildman–Crippen MR) is 131 cm³/mol. The molecule has 2 aliphatic rings. The molecule has 1 N–H and O–H groups in total. The quantitative estimate of drug-likeness (QED) is 0.384. The van der Waals surface area contributed by atoms with Crippen LogP contribution in [0.5, 0.6) is 17.5 Å². The van der Waals surface area contributed by atoms with E-state index >= 15 is 0 Å². The molecule has 36 heavy (non-hydrogen) atoms. The maximum Gasteiger partial charge on any atom is 0.304 e. The molecule has 0 fully saturated rings. The molecule has 7 nitrogen and oxygen atoms in total. The third-order valence-electron chi connectivity index (χ3n) is 6.85. The van der Waals surface area contributed by atoms with Gasteiger partial charge in [-0.1, -0.05) is 24.3 Å². The number of aromatic nitrogens is 2. The normalized spacial score (nSPS) is 17.9. The van der Waals surface area contributed by atoms with E-state index in [2.05, 4.69) is 11.1 Å². The molecule has 0 unspecified atom stereocenters. The maximum absolute atomic E-state index is 14.1. The minimum absolute atomic E-state index is 0.0650. The lowest BCUT2D eigenvalue weighted by molar-refractivity contribution is -0.137. The van der Waals surface area contributed by atoms with Crippen LogP contribution < -0.4 is 14.2 Å². The van der Waals surface area contributed by atoms with E-state index in [1.807, 2.05) is 41.8 Å². The summed E-state index contributed by atoms with van der Waals surface area (Å²) in [5.74, 6) is 0.348. The highest BCUT2D eigenvalue weighted by Gasteiger charge is 2.31. The van der Waals surface area contributed by atoms with Gasteiger partial charge in [0.15, 0.2) is 0 Å². The van der Waals surface area contributed by atoms with Crippen LogP contribution in [0.1, 0.15) is 41.9 Å². The average Bonchev–Trinajstić information content (AvgIpc) is 3.54. The van der Waals surface area contributed by atoms with Crippen molar-refractivity contribution >= 4 is 17.0 Å². The number of rotatable bonds is 7. The number of para-hydroxylation sites is 1. The molecule has 0 radical (unpaired) electrons. The molecule has 2 atom stereocenters. The number of imidazole rings is 1. The molecular formula is C28H25FN2O5. The smallest absolute Gasteiger partial charge is 0.304 e. The Bertz CT molecular complexity index is 1480. The summed E-state index contributed by atoms with van der Waals surface area (Å²) in [6.45, 7) is 3.22. The summed E-state index contributed by atoms with van der Waals surface area (Å²) < 4.78 is 33.7. The maximum atomic E-state index is 14.1. The van der Waals surface area contributed by atoms with Crippen LogP contribution in [-0.2, 0) is 11.2 Å². The number of fused-ring (bicyclic) bond motifs is 3. The van der Waals surface area contributed by atoms with Gasteiger partial charge in [-0.05, 0) is 43.2 Å². The molecule has 0 aliphatic carbocycles. The Morgan fingerprint density at radius 1 is 1.11 bits per heavy atom. The number of halogens is 1. The van der Waals surface area contributed by atoms with Gasteiger partial charge < -0.3 is 19.3 Å². The van der Waals surface area contributed by atoms with Gasteiger partial charge in [0.2, 0.25) is 0 Å². The van der Waals surface area contributed by atoms with Crippen molar-refractivity contribution < 1.29 is 28.5 Å². The fourth-order valence-corrected chi connectivity index (χ4v) is 5.24. The summed E-state index contributed by atoms with van der Waals surface area (Å²) in [5, 5.41) is 9.15. The number of aliphatic carboxylic acids is 1. The number of hydrogen-bond donors (Lipinski definition) is 1. The molecule has 6 rings (SSSR count). The summed E-state index contributed by atoms with van der Waals surface area (Å²) in [7, 11) is 0. The van der Waals surface area contributed by atoms with Gasteiger partial charge in [0.1, 0.15) is 17.3 Å². The Labute approximate surface area is 207 Å². The average molecular weight is 489 g/mol. The molecule has 3 aromatic carbocycles. The molecule has 0 amide bonds. The first kappa shape index (κ1) is 22.4.